The molecule has 8 nitrogen and oxygen atoms in total. The number of nitrogens with zero attached hydrogens (tertiary/aromatic N) is 4. The minimum Gasteiger partial charge on any atom is -1.00 e. The molecule has 4 aromatic rings. The van der Waals surface area contributed by atoms with E-state index in [1.54, 1.807) is 42.2 Å². The molecule has 38 heavy (non-hydrogen) atoms. The first-order valence-corrected chi connectivity index (χ1v) is 12.8. The third kappa shape index (κ3) is 7.86. The molecule has 0 saturated heterocycles. The molecule has 12 heteroatoms. The van der Waals surface area contributed by atoms with Gasteiger partial charge >= 0.3 is 35.5 Å². The Kier molecular flexibility index (Phi) is 11.3. The van der Waals surface area contributed by atoms with Crippen molar-refractivity contribution in [3.05, 3.63) is 105 Å². The maximum absolute atomic E-state index is 12.6. The first kappa shape index (κ1) is 29.8. The molecule has 0 fully saturated rings. The van der Waals surface area contributed by atoms with Gasteiger partial charge in [-0.05, 0) is 42.3 Å². The number of thiazole rings is 1. The van der Waals surface area contributed by atoms with E-state index in [9.17, 15) is 14.7 Å². The van der Waals surface area contributed by atoms with E-state index in [1.165, 1.54) is 23.5 Å². The summed E-state index contributed by atoms with van der Waals surface area (Å²) in [6.07, 6.45) is 6.92. The van der Waals surface area contributed by atoms with Crippen LogP contribution < -0.4 is 39.8 Å². The predicted octanol–water partition coefficient (Wildman–Crippen LogP) is 2.98. The summed E-state index contributed by atoms with van der Waals surface area (Å²) in [4.78, 5) is 39.4. The predicted molar refractivity (Wildman–Crippen MR) is 147 cm³/mol. The second-order valence-electron chi connectivity index (χ2n) is 7.81. The number of hydrogen-bond donors (Lipinski definition) is 2. The Balaban J connectivity index is 0.00000267. The number of hydrogen-bond acceptors (Lipinski definition) is 7. The number of carbonyl (C=O) groups excluding carboxylic acids is 1. The van der Waals surface area contributed by atoms with Gasteiger partial charge in [-0.1, -0.05) is 53.6 Å². The van der Waals surface area contributed by atoms with Crippen LogP contribution in [-0.2, 0) is 11.3 Å². The van der Waals surface area contributed by atoms with E-state index in [1.807, 2.05) is 34.5 Å². The Hall–Kier alpha value is -2.79. The molecule has 0 spiro atoms. The van der Waals surface area contributed by atoms with Crippen molar-refractivity contribution in [1.29, 1.82) is 0 Å². The molecule has 1 amide bonds. The molecule has 2 N–H and O–H groups in total. The van der Waals surface area contributed by atoms with Crippen LogP contribution in [0.2, 0.25) is 10.0 Å². The SMILES string of the molecule is O=C(NC(C/C=C/c1ccc(N(Cc2cscn2)c2ncccn2)cc1)C(=O)O)c1c(Cl)cccc1Cl.[H-].[Na+]. The van der Waals surface area contributed by atoms with E-state index < -0.39 is 17.9 Å². The number of nitrogens with one attached hydrogen (secondary N) is 1. The van der Waals surface area contributed by atoms with E-state index in [0.717, 1.165) is 16.9 Å². The fourth-order valence-corrected chi connectivity index (χ4v) is 4.58. The number of amides is 1. The Morgan fingerprint density at radius 3 is 2.34 bits per heavy atom. The van der Waals surface area contributed by atoms with Crippen molar-refractivity contribution < 1.29 is 45.7 Å². The molecule has 0 bridgehead atoms. The van der Waals surface area contributed by atoms with Crippen LogP contribution in [0.4, 0.5) is 11.6 Å². The van der Waals surface area contributed by atoms with Crippen LogP contribution in [0.3, 0.4) is 0 Å². The molecule has 4 rings (SSSR count). The minimum absolute atomic E-state index is 0. The van der Waals surface area contributed by atoms with Crippen LogP contribution in [0.15, 0.2) is 77.9 Å². The summed E-state index contributed by atoms with van der Waals surface area (Å²) in [5, 5.41) is 14.3. The monoisotopic (exact) mass is 577 g/mol. The summed E-state index contributed by atoms with van der Waals surface area (Å²) in [6.45, 7) is 0.512. The number of carboxylic acids is 1. The zero-order valence-electron chi connectivity index (χ0n) is 21.3. The fourth-order valence-electron chi connectivity index (χ4n) is 3.46. The van der Waals surface area contributed by atoms with Gasteiger partial charge in [0.2, 0.25) is 5.95 Å². The zero-order chi connectivity index (χ0) is 26.2. The second kappa shape index (κ2) is 14.4. The average Bonchev–Trinajstić information content (AvgIpc) is 3.41. The van der Waals surface area contributed by atoms with Gasteiger partial charge in [0.05, 0.1) is 33.4 Å². The van der Waals surface area contributed by atoms with E-state index in [0.29, 0.717) is 12.5 Å². The largest absolute Gasteiger partial charge is 1.00 e. The Morgan fingerprint density at radius 1 is 1.05 bits per heavy atom. The molecule has 0 radical (unpaired) electrons. The Morgan fingerprint density at radius 2 is 1.74 bits per heavy atom. The molecule has 2 heterocycles. The molecule has 1 unspecified atom stereocenters. The van der Waals surface area contributed by atoms with Gasteiger partial charge in [0, 0.05) is 23.5 Å². The molecule has 0 aliphatic heterocycles. The third-order valence-corrected chi connectivity index (χ3v) is 6.54. The third-order valence-electron chi connectivity index (χ3n) is 5.28. The smallest absolute Gasteiger partial charge is 1.00 e. The molecule has 0 saturated carbocycles. The number of halogens is 2. The molecule has 1 atom stereocenters. The molecule has 0 aliphatic carbocycles. The molecular weight excluding hydrogens is 556 g/mol. The van der Waals surface area contributed by atoms with Crippen molar-refractivity contribution in [2.24, 2.45) is 0 Å². The molecular formula is C26H22Cl2N5NaO3S. The van der Waals surface area contributed by atoms with E-state index in [2.05, 4.69) is 20.3 Å². The molecule has 2 aromatic carbocycles. The van der Waals surface area contributed by atoms with Gasteiger partial charge < -0.3 is 16.7 Å². The zero-order valence-corrected chi connectivity index (χ0v) is 24.6. The number of aromatic nitrogens is 3. The van der Waals surface area contributed by atoms with Crippen molar-refractivity contribution in [2.75, 3.05) is 4.90 Å². The normalized spacial score (nSPS) is 11.5. The summed E-state index contributed by atoms with van der Waals surface area (Å²) in [5.74, 6) is -1.27. The van der Waals surface area contributed by atoms with Gasteiger partial charge in [-0.15, -0.1) is 11.3 Å². The molecule has 190 valence electrons. The summed E-state index contributed by atoms with van der Waals surface area (Å²) in [5.41, 5.74) is 4.46. The van der Waals surface area contributed by atoms with Crippen LogP contribution in [-0.4, -0.2) is 38.0 Å². The first-order chi connectivity index (χ1) is 17.9. The van der Waals surface area contributed by atoms with Crippen molar-refractivity contribution >= 4 is 64.1 Å². The number of carboxylic acid groups (broad SMARTS) is 1. The van der Waals surface area contributed by atoms with Crippen LogP contribution in [0.5, 0.6) is 0 Å². The van der Waals surface area contributed by atoms with Gasteiger partial charge in [0.1, 0.15) is 6.04 Å². The van der Waals surface area contributed by atoms with Crippen molar-refractivity contribution in [1.82, 2.24) is 20.3 Å². The molecule has 0 aliphatic rings. The van der Waals surface area contributed by atoms with Crippen molar-refractivity contribution in [3.8, 4) is 0 Å². The van der Waals surface area contributed by atoms with Gasteiger partial charge in [-0.3, -0.25) is 4.79 Å². The van der Waals surface area contributed by atoms with Gasteiger partial charge in [-0.2, -0.15) is 0 Å². The summed E-state index contributed by atoms with van der Waals surface area (Å²) < 4.78 is 0. The maximum atomic E-state index is 12.6. The second-order valence-corrected chi connectivity index (χ2v) is 9.34. The van der Waals surface area contributed by atoms with Crippen LogP contribution in [0, 0.1) is 0 Å². The van der Waals surface area contributed by atoms with E-state index in [4.69, 9.17) is 23.2 Å². The number of aliphatic carboxylic acids is 1. The maximum Gasteiger partial charge on any atom is 1.00 e. The molecule has 2 aromatic heterocycles. The van der Waals surface area contributed by atoms with Crippen LogP contribution >= 0.6 is 34.5 Å². The standard InChI is InChI=1S/C26H21Cl2N5O3S.Na.H/c27-20-5-2-6-21(28)23(20)24(34)32-22(25(35)36)7-1-4-17-8-10-19(11-9-17)33(14-18-15-37-16-31-18)26-29-12-3-13-30-26;;/h1-6,8-13,15-16,22H,7,14H2,(H,32,34)(H,35,36);;/q;+1;-1/b4-1+;;. The minimum atomic E-state index is -1.17. The Labute approximate surface area is 257 Å². The summed E-state index contributed by atoms with van der Waals surface area (Å²) in [6, 6.07) is 12.9. The van der Waals surface area contributed by atoms with E-state index in [-0.39, 0.29) is 53.0 Å². The van der Waals surface area contributed by atoms with Gasteiger partial charge in [-0.25, -0.2) is 19.7 Å². The first-order valence-electron chi connectivity index (χ1n) is 11.1. The Bertz CT molecular complexity index is 1380. The van der Waals surface area contributed by atoms with Crippen molar-refractivity contribution in [2.45, 2.75) is 19.0 Å². The topological polar surface area (TPSA) is 108 Å². The quantitative estimate of drug-likeness (QED) is 0.279. The summed E-state index contributed by atoms with van der Waals surface area (Å²) in [7, 11) is 0. The van der Waals surface area contributed by atoms with E-state index >= 15 is 0 Å². The number of anilines is 2. The van der Waals surface area contributed by atoms with Gasteiger partial charge in [0.25, 0.3) is 5.91 Å². The fraction of sp³-hybridized carbons (Fsp3) is 0.115. The number of benzene rings is 2. The number of rotatable bonds is 10. The summed E-state index contributed by atoms with van der Waals surface area (Å²) >= 11 is 13.7. The van der Waals surface area contributed by atoms with Crippen LogP contribution in [0.1, 0.15) is 29.5 Å². The van der Waals surface area contributed by atoms with Crippen LogP contribution in [0.25, 0.3) is 6.08 Å². The van der Waals surface area contributed by atoms with Gasteiger partial charge in [0.15, 0.2) is 0 Å². The average molecular weight is 578 g/mol. The van der Waals surface area contributed by atoms with Crippen molar-refractivity contribution in [3.63, 3.8) is 0 Å². The number of carbonyl (C=O) groups is 2.